The van der Waals surface area contributed by atoms with Gasteiger partial charge in [-0.05, 0) is 56.8 Å². The average molecular weight is 541 g/mol. The Hall–Kier alpha value is -4.08. The molecule has 1 aliphatic rings. The Kier molecular flexibility index (Phi) is 7.72. The van der Waals surface area contributed by atoms with E-state index in [2.05, 4.69) is 44.6 Å². The first-order chi connectivity index (χ1) is 18.9. The molecule has 5 rings (SSSR count). The van der Waals surface area contributed by atoms with Gasteiger partial charge >= 0.3 is 0 Å². The highest BCUT2D eigenvalue weighted by molar-refractivity contribution is 7.17. The van der Waals surface area contributed by atoms with Crippen molar-refractivity contribution in [3.8, 4) is 21.1 Å². The second-order valence-electron chi connectivity index (χ2n) is 9.50. The number of hydrogen-bond donors (Lipinski definition) is 3. The van der Waals surface area contributed by atoms with E-state index in [0.717, 1.165) is 69.0 Å². The number of aromatic nitrogens is 3. The Morgan fingerprint density at radius 2 is 1.74 bits per heavy atom. The number of likely N-dealkylation sites (N-methyl/N-ethyl adjacent to an activating group) is 1. The van der Waals surface area contributed by atoms with Gasteiger partial charge in [0.2, 0.25) is 0 Å². The van der Waals surface area contributed by atoms with E-state index in [1.54, 1.807) is 0 Å². The van der Waals surface area contributed by atoms with Gasteiger partial charge in [-0.1, -0.05) is 55.5 Å². The lowest BCUT2D eigenvalue weighted by Crippen LogP contribution is -2.35. The summed E-state index contributed by atoms with van der Waals surface area (Å²) in [6, 6.07) is 15.8. The van der Waals surface area contributed by atoms with Gasteiger partial charge in [0, 0.05) is 46.9 Å². The maximum absolute atomic E-state index is 13.0. The van der Waals surface area contributed by atoms with E-state index < -0.39 is 0 Å². The van der Waals surface area contributed by atoms with Crippen molar-refractivity contribution >= 4 is 40.5 Å². The molecule has 9 heteroatoms. The van der Waals surface area contributed by atoms with Crippen molar-refractivity contribution in [1.82, 2.24) is 25.4 Å². The molecule has 2 aromatic heterocycles. The molecule has 39 heavy (non-hydrogen) atoms. The first-order valence-corrected chi connectivity index (χ1v) is 14.0. The third-order valence-corrected chi connectivity index (χ3v) is 8.12. The van der Waals surface area contributed by atoms with Crippen molar-refractivity contribution in [1.29, 1.82) is 0 Å². The zero-order chi connectivity index (χ0) is 27.5. The Morgan fingerprint density at radius 3 is 2.46 bits per heavy atom. The Balaban J connectivity index is 1.41. The fourth-order valence-electron chi connectivity index (χ4n) is 4.86. The van der Waals surface area contributed by atoms with Crippen LogP contribution in [0.5, 0.6) is 0 Å². The van der Waals surface area contributed by atoms with Crippen molar-refractivity contribution in [3.63, 3.8) is 0 Å². The number of benzene rings is 2. The summed E-state index contributed by atoms with van der Waals surface area (Å²) < 4.78 is 0. The highest BCUT2D eigenvalue weighted by Gasteiger charge is 2.26. The summed E-state index contributed by atoms with van der Waals surface area (Å²) in [6.45, 7) is 11.3. The van der Waals surface area contributed by atoms with Crippen LogP contribution in [0, 0.1) is 13.8 Å². The van der Waals surface area contributed by atoms with Crippen LogP contribution in [-0.2, 0) is 4.79 Å². The highest BCUT2D eigenvalue weighted by atomic mass is 32.1. The quantitative estimate of drug-likeness (QED) is 0.247. The van der Waals surface area contributed by atoms with E-state index in [9.17, 15) is 9.59 Å². The smallest absolute Gasteiger partial charge is 0.256 e. The predicted molar refractivity (Wildman–Crippen MR) is 158 cm³/mol. The van der Waals surface area contributed by atoms with E-state index in [-0.39, 0.29) is 11.8 Å². The van der Waals surface area contributed by atoms with Crippen LogP contribution in [-0.4, -0.2) is 58.1 Å². The minimum absolute atomic E-state index is 0.109. The van der Waals surface area contributed by atoms with Crippen molar-refractivity contribution in [2.75, 3.05) is 31.5 Å². The van der Waals surface area contributed by atoms with Gasteiger partial charge in [-0.25, -0.2) is 0 Å². The van der Waals surface area contributed by atoms with Gasteiger partial charge in [-0.2, -0.15) is 0 Å². The van der Waals surface area contributed by atoms with E-state index in [1.165, 1.54) is 11.3 Å². The zero-order valence-corrected chi connectivity index (χ0v) is 23.4. The highest BCUT2D eigenvalue weighted by Crippen LogP contribution is 2.38. The summed E-state index contributed by atoms with van der Waals surface area (Å²) >= 11 is 1.51. The van der Waals surface area contributed by atoms with E-state index in [0.29, 0.717) is 17.7 Å². The number of carbonyl (C=O) groups is 2. The number of carbonyl (C=O) groups excluding carboxylic acids is 2. The topological polar surface area (TPSA) is 103 Å². The number of nitrogens with one attached hydrogen (secondary N) is 3. The SMILES string of the molecule is CCN(CC)CCNC(=O)c1c(C)[nH]c(C=C2C(=O)Nc3ccc(-c4nnc(-c5ccccc5)s4)cc32)c1C. The van der Waals surface area contributed by atoms with Crippen LogP contribution >= 0.6 is 11.3 Å². The molecule has 2 aromatic carbocycles. The molecular weight excluding hydrogens is 508 g/mol. The summed E-state index contributed by atoms with van der Waals surface area (Å²) in [5.41, 5.74) is 6.95. The summed E-state index contributed by atoms with van der Waals surface area (Å²) in [7, 11) is 0. The lowest BCUT2D eigenvalue weighted by Gasteiger charge is -2.18. The number of aromatic amines is 1. The minimum atomic E-state index is -0.179. The predicted octanol–water partition coefficient (Wildman–Crippen LogP) is 5.38. The normalized spacial score (nSPS) is 13.7. The molecule has 0 radical (unpaired) electrons. The Bertz CT molecular complexity index is 1550. The molecule has 0 saturated carbocycles. The number of amides is 2. The molecule has 4 aromatic rings. The molecule has 2 amide bonds. The number of aryl methyl sites for hydroxylation is 1. The molecule has 0 unspecified atom stereocenters. The second kappa shape index (κ2) is 11.3. The molecule has 3 N–H and O–H groups in total. The Labute approximate surface area is 232 Å². The van der Waals surface area contributed by atoms with Crippen molar-refractivity contribution < 1.29 is 9.59 Å². The van der Waals surface area contributed by atoms with Crippen LogP contribution in [0.25, 0.3) is 32.8 Å². The van der Waals surface area contributed by atoms with Gasteiger partial charge < -0.3 is 20.5 Å². The lowest BCUT2D eigenvalue weighted by molar-refractivity contribution is -0.110. The van der Waals surface area contributed by atoms with E-state index in [4.69, 9.17) is 0 Å². The van der Waals surface area contributed by atoms with Gasteiger partial charge in [0.15, 0.2) is 0 Å². The van der Waals surface area contributed by atoms with Crippen molar-refractivity contribution in [2.24, 2.45) is 0 Å². The fourth-order valence-corrected chi connectivity index (χ4v) is 5.71. The van der Waals surface area contributed by atoms with Crippen molar-refractivity contribution in [2.45, 2.75) is 27.7 Å². The maximum atomic E-state index is 13.0. The summed E-state index contributed by atoms with van der Waals surface area (Å²) in [5.74, 6) is -0.289. The third-order valence-electron chi connectivity index (χ3n) is 7.10. The minimum Gasteiger partial charge on any atom is -0.358 e. The summed E-state index contributed by atoms with van der Waals surface area (Å²) in [5, 5.41) is 16.4. The van der Waals surface area contributed by atoms with E-state index >= 15 is 0 Å². The first-order valence-electron chi connectivity index (χ1n) is 13.2. The van der Waals surface area contributed by atoms with Crippen LogP contribution in [0.1, 0.15) is 46.7 Å². The number of nitrogens with zero attached hydrogens (tertiary/aromatic N) is 3. The van der Waals surface area contributed by atoms with Crippen LogP contribution < -0.4 is 10.6 Å². The molecule has 0 atom stereocenters. The van der Waals surface area contributed by atoms with Gasteiger partial charge in [0.1, 0.15) is 10.0 Å². The number of fused-ring (bicyclic) bond motifs is 1. The number of hydrogen-bond acceptors (Lipinski definition) is 6. The number of H-pyrrole nitrogens is 1. The summed E-state index contributed by atoms with van der Waals surface area (Å²) in [4.78, 5) is 31.6. The molecule has 0 spiro atoms. The van der Waals surface area contributed by atoms with Crippen LogP contribution in [0.2, 0.25) is 0 Å². The molecule has 3 heterocycles. The molecule has 8 nitrogen and oxygen atoms in total. The van der Waals surface area contributed by atoms with Gasteiger partial charge in [0.05, 0.1) is 11.1 Å². The zero-order valence-electron chi connectivity index (χ0n) is 22.6. The van der Waals surface area contributed by atoms with Gasteiger partial charge in [-0.3, -0.25) is 9.59 Å². The average Bonchev–Trinajstić information content (AvgIpc) is 3.63. The Morgan fingerprint density at radius 1 is 1.03 bits per heavy atom. The van der Waals surface area contributed by atoms with E-state index in [1.807, 2.05) is 68.5 Å². The molecule has 0 aliphatic carbocycles. The fraction of sp³-hybridized carbons (Fsp3) is 0.267. The molecule has 0 bridgehead atoms. The van der Waals surface area contributed by atoms with Crippen LogP contribution in [0.4, 0.5) is 5.69 Å². The van der Waals surface area contributed by atoms with Gasteiger partial charge in [0.25, 0.3) is 11.8 Å². The summed E-state index contributed by atoms with van der Waals surface area (Å²) in [6.07, 6.45) is 1.83. The van der Waals surface area contributed by atoms with Crippen molar-refractivity contribution in [3.05, 3.63) is 76.6 Å². The lowest BCUT2D eigenvalue weighted by atomic mass is 10.0. The first kappa shape index (κ1) is 26.5. The molecular formula is C30H32N6O2S. The molecule has 1 aliphatic heterocycles. The standard InChI is InChI=1S/C30H32N6O2S/c1-5-36(6-2)15-14-31-28(38)26-18(3)25(32-19(26)4)17-23-22-16-21(12-13-24(22)33-27(23)37)30-35-34-29(39-30)20-10-8-7-9-11-20/h7-13,16-17,32H,5-6,14-15H2,1-4H3,(H,31,38)(H,33,37). The second-order valence-corrected chi connectivity index (χ2v) is 10.5. The number of anilines is 1. The third kappa shape index (κ3) is 5.41. The molecule has 0 saturated heterocycles. The number of rotatable bonds is 9. The van der Waals surface area contributed by atoms with Gasteiger partial charge in [-0.15, -0.1) is 10.2 Å². The maximum Gasteiger partial charge on any atom is 0.256 e. The molecule has 0 fully saturated rings. The largest absolute Gasteiger partial charge is 0.358 e. The molecule has 200 valence electrons. The monoisotopic (exact) mass is 540 g/mol. The van der Waals surface area contributed by atoms with Crippen LogP contribution in [0.15, 0.2) is 48.5 Å². The van der Waals surface area contributed by atoms with Crippen LogP contribution in [0.3, 0.4) is 0 Å².